The number of rotatable bonds is 7. The number of nitrogens with two attached hydrogens (primary N) is 1. The Labute approximate surface area is 97.9 Å². The zero-order valence-corrected chi connectivity index (χ0v) is 10.2. The van der Waals surface area contributed by atoms with Crippen molar-refractivity contribution in [2.45, 2.75) is 57.6 Å². The Balaban J connectivity index is 2.08. The van der Waals surface area contributed by atoms with E-state index in [1.165, 1.54) is 0 Å². The molecule has 2 unspecified atom stereocenters. The van der Waals surface area contributed by atoms with Crippen molar-refractivity contribution in [1.29, 1.82) is 0 Å². The molecule has 4 nitrogen and oxygen atoms in total. The highest BCUT2D eigenvalue weighted by Crippen LogP contribution is 2.15. The van der Waals surface area contributed by atoms with Crippen LogP contribution < -0.4 is 11.1 Å². The van der Waals surface area contributed by atoms with Gasteiger partial charge in [-0.15, -0.1) is 0 Å². The average molecular weight is 228 g/mol. The van der Waals surface area contributed by atoms with Crippen LogP contribution in [0.25, 0.3) is 0 Å². The summed E-state index contributed by atoms with van der Waals surface area (Å²) in [6.07, 6.45) is 5.98. The predicted molar refractivity (Wildman–Crippen MR) is 64.1 cm³/mol. The number of hydrogen-bond acceptors (Lipinski definition) is 3. The number of nitrogens with one attached hydrogen (secondary N) is 1. The Morgan fingerprint density at radius 1 is 1.50 bits per heavy atom. The first-order valence-corrected chi connectivity index (χ1v) is 6.35. The molecule has 1 amide bonds. The van der Waals surface area contributed by atoms with Gasteiger partial charge in [-0.2, -0.15) is 0 Å². The molecule has 1 aliphatic heterocycles. The first kappa shape index (κ1) is 13.5. The summed E-state index contributed by atoms with van der Waals surface area (Å²) in [6.45, 7) is 3.57. The van der Waals surface area contributed by atoms with Crippen LogP contribution in [-0.2, 0) is 9.53 Å². The molecule has 3 N–H and O–H groups in total. The summed E-state index contributed by atoms with van der Waals surface area (Å²) in [7, 11) is 0. The summed E-state index contributed by atoms with van der Waals surface area (Å²) in [5, 5.41) is 3.00. The molecule has 1 heterocycles. The minimum Gasteiger partial charge on any atom is -0.376 e. The maximum absolute atomic E-state index is 11.6. The Bertz CT molecular complexity index is 203. The quantitative estimate of drug-likeness (QED) is 0.643. The lowest BCUT2D eigenvalue weighted by Gasteiger charge is -2.19. The number of ether oxygens (including phenoxy) is 1. The molecule has 0 aromatic carbocycles. The van der Waals surface area contributed by atoms with Gasteiger partial charge >= 0.3 is 0 Å². The van der Waals surface area contributed by atoms with Crippen molar-refractivity contribution in [2.75, 3.05) is 13.2 Å². The maximum atomic E-state index is 11.6. The third-order valence-corrected chi connectivity index (χ3v) is 3.02. The molecule has 0 spiro atoms. The van der Waals surface area contributed by atoms with E-state index in [1.807, 2.05) is 6.92 Å². The second-order valence-corrected chi connectivity index (χ2v) is 4.51. The zero-order valence-electron chi connectivity index (χ0n) is 10.2. The van der Waals surface area contributed by atoms with Crippen LogP contribution in [0.3, 0.4) is 0 Å². The van der Waals surface area contributed by atoms with E-state index in [1.54, 1.807) is 0 Å². The van der Waals surface area contributed by atoms with Crippen molar-refractivity contribution in [2.24, 2.45) is 5.73 Å². The topological polar surface area (TPSA) is 64.4 Å². The summed E-state index contributed by atoms with van der Waals surface area (Å²) < 4.78 is 5.53. The van der Waals surface area contributed by atoms with Crippen LogP contribution in [-0.4, -0.2) is 31.2 Å². The molecule has 1 aliphatic rings. The second-order valence-electron chi connectivity index (χ2n) is 4.51. The molecule has 1 saturated heterocycles. The predicted octanol–water partition coefficient (Wildman–Crippen LogP) is 1.19. The van der Waals surface area contributed by atoms with Gasteiger partial charge in [0, 0.05) is 13.0 Å². The van der Waals surface area contributed by atoms with Crippen molar-refractivity contribution in [3.8, 4) is 0 Å². The van der Waals surface area contributed by atoms with Gasteiger partial charge in [-0.3, -0.25) is 4.79 Å². The van der Waals surface area contributed by atoms with Crippen molar-refractivity contribution in [1.82, 2.24) is 5.32 Å². The Kier molecular flexibility index (Phi) is 6.42. The Morgan fingerprint density at radius 2 is 2.31 bits per heavy atom. The fraction of sp³-hybridized carbons (Fsp3) is 0.917. The highest BCUT2D eigenvalue weighted by atomic mass is 16.5. The van der Waals surface area contributed by atoms with Crippen LogP contribution in [0.1, 0.15) is 45.4 Å². The Hall–Kier alpha value is -0.610. The second kappa shape index (κ2) is 7.63. The third kappa shape index (κ3) is 4.94. The van der Waals surface area contributed by atoms with Crippen LogP contribution in [0, 0.1) is 0 Å². The van der Waals surface area contributed by atoms with E-state index in [9.17, 15) is 4.79 Å². The smallest absolute Gasteiger partial charge is 0.220 e. The molecule has 2 atom stereocenters. The molecule has 0 aromatic rings. The van der Waals surface area contributed by atoms with Crippen LogP contribution >= 0.6 is 0 Å². The maximum Gasteiger partial charge on any atom is 0.220 e. The standard InChI is InChI=1S/C12H24N2O2/c1-10(11-6-5-9-16-11)14-12(15)7-3-2-4-8-13/h10-11H,2-9,13H2,1H3,(H,14,15). The zero-order chi connectivity index (χ0) is 11.8. The fourth-order valence-corrected chi connectivity index (χ4v) is 2.02. The van der Waals surface area contributed by atoms with Crippen LogP contribution in [0.2, 0.25) is 0 Å². The molecule has 4 heteroatoms. The summed E-state index contributed by atoms with van der Waals surface area (Å²) in [6, 6.07) is 0.143. The van der Waals surface area contributed by atoms with Gasteiger partial charge in [-0.1, -0.05) is 6.42 Å². The number of hydrogen-bond donors (Lipinski definition) is 2. The number of carbonyl (C=O) groups is 1. The summed E-state index contributed by atoms with van der Waals surface area (Å²) in [5.74, 6) is 0.139. The first-order valence-electron chi connectivity index (χ1n) is 6.35. The van der Waals surface area contributed by atoms with E-state index in [-0.39, 0.29) is 18.1 Å². The van der Waals surface area contributed by atoms with Gasteiger partial charge in [0.15, 0.2) is 0 Å². The van der Waals surface area contributed by atoms with Crippen LogP contribution in [0.5, 0.6) is 0 Å². The van der Waals surface area contributed by atoms with Gasteiger partial charge in [0.2, 0.25) is 5.91 Å². The molecule has 0 bridgehead atoms. The summed E-state index contributed by atoms with van der Waals surface area (Å²) >= 11 is 0. The lowest BCUT2D eigenvalue weighted by atomic mass is 10.1. The van der Waals surface area contributed by atoms with E-state index in [0.29, 0.717) is 13.0 Å². The van der Waals surface area contributed by atoms with Crippen LogP contribution in [0.4, 0.5) is 0 Å². The first-order chi connectivity index (χ1) is 7.74. The molecular formula is C12H24N2O2. The molecule has 1 fully saturated rings. The van der Waals surface area contributed by atoms with E-state index >= 15 is 0 Å². The van der Waals surface area contributed by atoms with Gasteiger partial charge in [0.25, 0.3) is 0 Å². The van der Waals surface area contributed by atoms with Crippen molar-refractivity contribution in [3.63, 3.8) is 0 Å². The normalized spacial score (nSPS) is 22.0. The molecule has 0 aliphatic carbocycles. The Morgan fingerprint density at radius 3 is 2.94 bits per heavy atom. The van der Waals surface area contributed by atoms with Crippen molar-refractivity contribution in [3.05, 3.63) is 0 Å². The van der Waals surface area contributed by atoms with Gasteiger partial charge in [0.1, 0.15) is 0 Å². The number of amides is 1. The van der Waals surface area contributed by atoms with E-state index < -0.39 is 0 Å². The minimum absolute atomic E-state index is 0.139. The largest absolute Gasteiger partial charge is 0.376 e. The van der Waals surface area contributed by atoms with Crippen molar-refractivity contribution >= 4 is 5.91 Å². The van der Waals surface area contributed by atoms with Gasteiger partial charge in [0.05, 0.1) is 12.1 Å². The molecule has 16 heavy (non-hydrogen) atoms. The number of unbranched alkanes of at least 4 members (excludes halogenated alkanes) is 2. The number of carbonyl (C=O) groups excluding carboxylic acids is 1. The summed E-state index contributed by atoms with van der Waals surface area (Å²) in [5.41, 5.74) is 5.39. The molecule has 0 saturated carbocycles. The lowest BCUT2D eigenvalue weighted by Crippen LogP contribution is -2.40. The van der Waals surface area contributed by atoms with Gasteiger partial charge in [-0.25, -0.2) is 0 Å². The molecular weight excluding hydrogens is 204 g/mol. The van der Waals surface area contributed by atoms with E-state index in [2.05, 4.69) is 5.32 Å². The SMILES string of the molecule is CC(NC(=O)CCCCCN)C1CCCO1. The average Bonchev–Trinajstić information content (AvgIpc) is 2.77. The third-order valence-electron chi connectivity index (χ3n) is 3.02. The lowest BCUT2D eigenvalue weighted by molar-refractivity contribution is -0.122. The monoisotopic (exact) mass is 228 g/mol. The molecule has 1 rings (SSSR count). The van der Waals surface area contributed by atoms with Gasteiger partial charge in [-0.05, 0) is 39.2 Å². The molecule has 0 radical (unpaired) electrons. The fourth-order valence-electron chi connectivity index (χ4n) is 2.02. The van der Waals surface area contributed by atoms with E-state index in [4.69, 9.17) is 10.5 Å². The molecule has 94 valence electrons. The highest BCUT2D eigenvalue weighted by Gasteiger charge is 2.23. The van der Waals surface area contributed by atoms with Gasteiger partial charge < -0.3 is 15.8 Å². The van der Waals surface area contributed by atoms with Crippen LogP contribution in [0.15, 0.2) is 0 Å². The van der Waals surface area contributed by atoms with Crippen molar-refractivity contribution < 1.29 is 9.53 Å². The minimum atomic E-state index is 0.139. The summed E-state index contributed by atoms with van der Waals surface area (Å²) in [4.78, 5) is 11.6. The van der Waals surface area contributed by atoms with E-state index in [0.717, 1.165) is 38.7 Å². The molecule has 0 aromatic heterocycles. The highest BCUT2D eigenvalue weighted by molar-refractivity contribution is 5.76.